The normalized spacial score (nSPS) is 18.6. The van der Waals surface area contributed by atoms with Gasteiger partial charge < -0.3 is 5.32 Å². The smallest absolute Gasteiger partial charge is 0.0522 e. The fourth-order valence-corrected chi connectivity index (χ4v) is 3.32. The van der Waals surface area contributed by atoms with E-state index in [4.69, 9.17) is 0 Å². The Morgan fingerprint density at radius 2 is 2.11 bits per heavy atom. The number of nitrogens with zero attached hydrogens (tertiary/aromatic N) is 2. The van der Waals surface area contributed by atoms with Crippen molar-refractivity contribution in [3.8, 4) is 0 Å². The number of hydrogen-bond donors (Lipinski definition) is 1. The topological polar surface area (TPSA) is 29.9 Å². The van der Waals surface area contributed by atoms with Gasteiger partial charge in [0, 0.05) is 18.8 Å². The summed E-state index contributed by atoms with van der Waals surface area (Å²) in [6.07, 6.45) is 13.9. The number of aryl methyl sites for hydroxylation is 1. The van der Waals surface area contributed by atoms with Crippen molar-refractivity contribution < 1.29 is 0 Å². The van der Waals surface area contributed by atoms with Crippen LogP contribution in [0.1, 0.15) is 57.9 Å². The van der Waals surface area contributed by atoms with Gasteiger partial charge in [0.15, 0.2) is 0 Å². The van der Waals surface area contributed by atoms with Gasteiger partial charge in [-0.15, -0.1) is 0 Å². The lowest BCUT2D eigenvalue weighted by Gasteiger charge is -2.26. The fraction of sp³-hybridized carbons (Fsp3) is 0.812. The third-order valence-electron chi connectivity index (χ3n) is 4.33. The summed E-state index contributed by atoms with van der Waals surface area (Å²) < 4.78 is 2.03. The molecule has 2 rings (SSSR count). The Labute approximate surface area is 117 Å². The van der Waals surface area contributed by atoms with Gasteiger partial charge in [0.2, 0.25) is 0 Å². The number of nitrogens with one attached hydrogen (secondary N) is 1. The number of aromatic nitrogens is 2. The van der Waals surface area contributed by atoms with E-state index in [0.29, 0.717) is 6.04 Å². The molecular weight excluding hydrogens is 234 g/mol. The summed E-state index contributed by atoms with van der Waals surface area (Å²) in [7, 11) is 0. The fourth-order valence-electron chi connectivity index (χ4n) is 3.32. The van der Waals surface area contributed by atoms with Crippen LogP contribution >= 0.6 is 0 Å². The van der Waals surface area contributed by atoms with Gasteiger partial charge in [0.1, 0.15) is 0 Å². The SMILES string of the molecule is CCNC(Cc1cnn(CC)c1)CC1CCCCC1. The first-order chi connectivity index (χ1) is 9.31. The van der Waals surface area contributed by atoms with Crippen LogP contribution in [-0.2, 0) is 13.0 Å². The van der Waals surface area contributed by atoms with Crippen molar-refractivity contribution in [1.29, 1.82) is 0 Å². The third kappa shape index (κ3) is 4.64. The summed E-state index contributed by atoms with van der Waals surface area (Å²) >= 11 is 0. The van der Waals surface area contributed by atoms with Gasteiger partial charge in [0.05, 0.1) is 6.20 Å². The van der Waals surface area contributed by atoms with E-state index in [9.17, 15) is 0 Å². The molecule has 1 aliphatic carbocycles. The molecule has 0 spiro atoms. The molecule has 0 saturated heterocycles. The maximum atomic E-state index is 4.38. The number of hydrogen-bond acceptors (Lipinski definition) is 2. The van der Waals surface area contributed by atoms with Crippen LogP contribution in [-0.4, -0.2) is 22.4 Å². The Morgan fingerprint density at radius 1 is 1.32 bits per heavy atom. The highest BCUT2D eigenvalue weighted by Gasteiger charge is 2.19. The Bertz CT molecular complexity index is 353. The Kier molecular flexibility index (Phi) is 5.90. The molecule has 0 bridgehead atoms. The zero-order valence-corrected chi connectivity index (χ0v) is 12.6. The molecule has 1 aromatic heterocycles. The summed E-state index contributed by atoms with van der Waals surface area (Å²) in [4.78, 5) is 0. The van der Waals surface area contributed by atoms with E-state index < -0.39 is 0 Å². The first kappa shape index (κ1) is 14.6. The van der Waals surface area contributed by atoms with E-state index in [2.05, 4.69) is 30.5 Å². The lowest BCUT2D eigenvalue weighted by Crippen LogP contribution is -2.33. The predicted octanol–water partition coefficient (Wildman–Crippen LogP) is 3.39. The molecule has 1 N–H and O–H groups in total. The summed E-state index contributed by atoms with van der Waals surface area (Å²) in [5.74, 6) is 0.944. The quantitative estimate of drug-likeness (QED) is 0.817. The minimum Gasteiger partial charge on any atom is -0.314 e. The highest BCUT2D eigenvalue weighted by Crippen LogP contribution is 2.28. The standard InChI is InChI=1S/C16H29N3/c1-3-17-16(10-14-8-6-5-7-9-14)11-15-12-18-19(4-2)13-15/h12-14,16-17H,3-11H2,1-2H3. The first-order valence-electron chi connectivity index (χ1n) is 8.06. The molecule has 1 fully saturated rings. The van der Waals surface area contributed by atoms with Crippen LogP contribution in [0.5, 0.6) is 0 Å². The van der Waals surface area contributed by atoms with E-state index in [1.54, 1.807) is 0 Å². The van der Waals surface area contributed by atoms with Crippen molar-refractivity contribution >= 4 is 0 Å². The van der Waals surface area contributed by atoms with E-state index in [1.807, 2.05) is 10.9 Å². The molecule has 1 aromatic rings. The van der Waals surface area contributed by atoms with Crippen LogP contribution in [0.3, 0.4) is 0 Å². The van der Waals surface area contributed by atoms with Crippen molar-refractivity contribution in [2.45, 2.75) is 71.4 Å². The minimum atomic E-state index is 0.627. The van der Waals surface area contributed by atoms with Crippen LogP contribution in [0.25, 0.3) is 0 Å². The van der Waals surface area contributed by atoms with Crippen LogP contribution < -0.4 is 5.32 Å². The van der Waals surface area contributed by atoms with E-state index in [0.717, 1.165) is 25.4 Å². The van der Waals surface area contributed by atoms with Gasteiger partial charge in [-0.3, -0.25) is 4.68 Å². The lowest BCUT2D eigenvalue weighted by atomic mass is 9.84. The van der Waals surface area contributed by atoms with Gasteiger partial charge in [-0.1, -0.05) is 39.0 Å². The van der Waals surface area contributed by atoms with Gasteiger partial charge in [-0.05, 0) is 37.8 Å². The number of likely N-dealkylation sites (N-methyl/N-ethyl adjacent to an activating group) is 1. The third-order valence-corrected chi connectivity index (χ3v) is 4.33. The zero-order chi connectivity index (χ0) is 13.5. The second kappa shape index (κ2) is 7.68. The molecule has 0 radical (unpaired) electrons. The molecule has 19 heavy (non-hydrogen) atoms. The first-order valence-corrected chi connectivity index (χ1v) is 8.06. The van der Waals surface area contributed by atoms with E-state index in [-0.39, 0.29) is 0 Å². The maximum absolute atomic E-state index is 4.38. The monoisotopic (exact) mass is 263 g/mol. The summed E-state index contributed by atoms with van der Waals surface area (Å²) in [6.45, 7) is 6.39. The van der Waals surface area contributed by atoms with Crippen molar-refractivity contribution in [2.75, 3.05) is 6.54 Å². The highest BCUT2D eigenvalue weighted by molar-refractivity contribution is 5.06. The summed E-state index contributed by atoms with van der Waals surface area (Å²) in [5, 5.41) is 8.05. The van der Waals surface area contributed by atoms with Gasteiger partial charge in [-0.2, -0.15) is 5.10 Å². The Morgan fingerprint density at radius 3 is 2.74 bits per heavy atom. The van der Waals surface area contributed by atoms with Crippen molar-refractivity contribution in [3.63, 3.8) is 0 Å². The maximum Gasteiger partial charge on any atom is 0.0522 e. The van der Waals surface area contributed by atoms with Crippen molar-refractivity contribution in [2.24, 2.45) is 5.92 Å². The van der Waals surface area contributed by atoms with Crippen LogP contribution in [0.15, 0.2) is 12.4 Å². The predicted molar refractivity (Wildman–Crippen MR) is 80.3 cm³/mol. The molecule has 0 amide bonds. The van der Waals surface area contributed by atoms with E-state index in [1.165, 1.54) is 44.1 Å². The van der Waals surface area contributed by atoms with Crippen LogP contribution in [0.2, 0.25) is 0 Å². The van der Waals surface area contributed by atoms with Crippen LogP contribution in [0, 0.1) is 5.92 Å². The molecule has 0 aliphatic heterocycles. The van der Waals surface area contributed by atoms with Gasteiger partial charge in [-0.25, -0.2) is 0 Å². The largest absolute Gasteiger partial charge is 0.314 e. The second-order valence-electron chi connectivity index (χ2n) is 5.90. The van der Waals surface area contributed by atoms with Crippen LogP contribution in [0.4, 0.5) is 0 Å². The Balaban J connectivity index is 1.87. The van der Waals surface area contributed by atoms with Crippen molar-refractivity contribution in [3.05, 3.63) is 18.0 Å². The van der Waals surface area contributed by atoms with Gasteiger partial charge in [0.25, 0.3) is 0 Å². The summed E-state index contributed by atoms with van der Waals surface area (Å²) in [6, 6.07) is 0.627. The molecule has 1 heterocycles. The lowest BCUT2D eigenvalue weighted by molar-refractivity contribution is 0.298. The average Bonchev–Trinajstić information content (AvgIpc) is 2.88. The molecular formula is C16H29N3. The Hall–Kier alpha value is -0.830. The zero-order valence-electron chi connectivity index (χ0n) is 12.6. The molecule has 1 saturated carbocycles. The molecule has 1 unspecified atom stereocenters. The second-order valence-corrected chi connectivity index (χ2v) is 5.90. The van der Waals surface area contributed by atoms with Crippen molar-refractivity contribution in [1.82, 2.24) is 15.1 Å². The summed E-state index contributed by atoms with van der Waals surface area (Å²) in [5.41, 5.74) is 1.38. The highest BCUT2D eigenvalue weighted by atomic mass is 15.3. The van der Waals surface area contributed by atoms with Gasteiger partial charge >= 0.3 is 0 Å². The molecule has 108 valence electrons. The minimum absolute atomic E-state index is 0.627. The average molecular weight is 263 g/mol. The molecule has 0 aromatic carbocycles. The molecule has 1 atom stereocenters. The molecule has 3 nitrogen and oxygen atoms in total. The van der Waals surface area contributed by atoms with E-state index >= 15 is 0 Å². The molecule has 1 aliphatic rings. The number of rotatable bonds is 7. The molecule has 3 heteroatoms.